The minimum Gasteiger partial charge on any atom is -0.0885 e. The molecule has 0 unspecified atom stereocenters. The zero-order chi connectivity index (χ0) is 13.6. The highest BCUT2D eigenvalue weighted by Gasteiger charge is 1.96. The summed E-state index contributed by atoms with van der Waals surface area (Å²) in [6, 6.07) is 0. The van der Waals surface area contributed by atoms with Crippen LogP contribution >= 0.6 is 0 Å². The average molecular weight is 250 g/mol. The number of allylic oxidation sites excluding steroid dienone is 4. The van der Waals surface area contributed by atoms with Crippen LogP contribution in [-0.2, 0) is 0 Å². The van der Waals surface area contributed by atoms with Crippen LogP contribution in [0.3, 0.4) is 0 Å². The van der Waals surface area contributed by atoms with Gasteiger partial charge in [-0.15, -0.1) is 0 Å². The smallest absolute Gasteiger partial charge is 0.0321 e. The van der Waals surface area contributed by atoms with Crippen LogP contribution in [0, 0.1) is 0 Å². The molecular weight excluding hydrogens is 216 g/mol. The zero-order valence-corrected chi connectivity index (χ0v) is 13.2. The van der Waals surface area contributed by atoms with E-state index in [1.165, 1.54) is 64.2 Å². The molecule has 0 amide bonds. The van der Waals surface area contributed by atoms with Crippen molar-refractivity contribution in [2.45, 2.75) is 91.9 Å². The SMILES string of the molecule is CC=C(CC)CCCCCCCCC(=CC)CC. The molecular formula is C18H34. The van der Waals surface area contributed by atoms with Gasteiger partial charge in [-0.05, 0) is 52.4 Å². The molecule has 0 heteroatoms. The Balaban J connectivity index is 3.31. The molecule has 0 N–H and O–H groups in total. The molecule has 0 spiro atoms. The summed E-state index contributed by atoms with van der Waals surface area (Å²) in [5, 5.41) is 0. The minimum absolute atomic E-state index is 1.24. The molecule has 106 valence electrons. The predicted octanol–water partition coefficient (Wildman–Crippen LogP) is 6.82. The Morgan fingerprint density at radius 2 is 0.944 bits per heavy atom. The van der Waals surface area contributed by atoms with Crippen LogP contribution in [0.15, 0.2) is 23.3 Å². The van der Waals surface area contributed by atoms with Crippen LogP contribution in [-0.4, -0.2) is 0 Å². The Bertz CT molecular complexity index is 206. The van der Waals surface area contributed by atoms with E-state index in [9.17, 15) is 0 Å². The summed E-state index contributed by atoms with van der Waals surface area (Å²) in [6.07, 6.45) is 18.2. The second-order valence-corrected chi connectivity index (χ2v) is 5.22. The Labute approximate surface area is 116 Å². The molecule has 18 heavy (non-hydrogen) atoms. The van der Waals surface area contributed by atoms with E-state index in [-0.39, 0.29) is 0 Å². The molecule has 0 aliphatic heterocycles. The lowest BCUT2D eigenvalue weighted by Gasteiger charge is -2.05. The zero-order valence-electron chi connectivity index (χ0n) is 13.2. The van der Waals surface area contributed by atoms with Gasteiger partial charge >= 0.3 is 0 Å². The van der Waals surface area contributed by atoms with Gasteiger partial charge < -0.3 is 0 Å². The van der Waals surface area contributed by atoms with Gasteiger partial charge in [-0.2, -0.15) is 0 Å². The summed E-state index contributed by atoms with van der Waals surface area (Å²) in [5.74, 6) is 0. The topological polar surface area (TPSA) is 0 Å². The van der Waals surface area contributed by atoms with Crippen molar-refractivity contribution in [3.8, 4) is 0 Å². The summed E-state index contributed by atoms with van der Waals surface area (Å²) < 4.78 is 0. The maximum atomic E-state index is 2.29. The molecule has 0 aliphatic carbocycles. The van der Waals surface area contributed by atoms with Gasteiger partial charge in [0.15, 0.2) is 0 Å². The van der Waals surface area contributed by atoms with Crippen LogP contribution in [0.2, 0.25) is 0 Å². The van der Waals surface area contributed by atoms with Crippen LogP contribution in [0.1, 0.15) is 91.9 Å². The predicted molar refractivity (Wildman–Crippen MR) is 85.0 cm³/mol. The fraction of sp³-hybridized carbons (Fsp3) is 0.778. The Morgan fingerprint density at radius 3 is 1.22 bits per heavy atom. The highest BCUT2D eigenvalue weighted by molar-refractivity contribution is 4.99. The lowest BCUT2D eigenvalue weighted by atomic mass is 10.0. The molecule has 0 rings (SSSR count). The van der Waals surface area contributed by atoms with Crippen LogP contribution in [0.25, 0.3) is 0 Å². The molecule has 0 aromatic carbocycles. The number of rotatable bonds is 11. The van der Waals surface area contributed by atoms with Crippen molar-refractivity contribution in [1.29, 1.82) is 0 Å². The van der Waals surface area contributed by atoms with Gasteiger partial charge in [0.05, 0.1) is 0 Å². The van der Waals surface area contributed by atoms with E-state index in [4.69, 9.17) is 0 Å². The van der Waals surface area contributed by atoms with E-state index in [0.717, 1.165) is 0 Å². The summed E-state index contributed by atoms with van der Waals surface area (Å²) in [5.41, 5.74) is 3.27. The second-order valence-electron chi connectivity index (χ2n) is 5.22. The maximum absolute atomic E-state index is 2.29. The fourth-order valence-corrected chi connectivity index (χ4v) is 2.46. The first kappa shape index (κ1) is 17.5. The van der Waals surface area contributed by atoms with Gasteiger partial charge in [0.25, 0.3) is 0 Å². The first-order valence-corrected chi connectivity index (χ1v) is 8.06. The molecule has 0 saturated heterocycles. The van der Waals surface area contributed by atoms with Crippen molar-refractivity contribution in [1.82, 2.24) is 0 Å². The summed E-state index contributed by atoms with van der Waals surface area (Å²) in [7, 11) is 0. The van der Waals surface area contributed by atoms with Gasteiger partial charge in [0.1, 0.15) is 0 Å². The molecule has 0 aliphatic rings. The Hall–Kier alpha value is -0.520. The average Bonchev–Trinajstić information content (AvgIpc) is 2.41. The molecule has 0 aromatic rings. The molecule has 0 fully saturated rings. The van der Waals surface area contributed by atoms with Crippen molar-refractivity contribution in [2.75, 3.05) is 0 Å². The lowest BCUT2D eigenvalue weighted by Crippen LogP contribution is -1.85. The third kappa shape index (κ3) is 9.50. The largest absolute Gasteiger partial charge is 0.0885 e. The highest BCUT2D eigenvalue weighted by atomic mass is 14.0. The van der Waals surface area contributed by atoms with E-state index >= 15 is 0 Å². The van der Waals surface area contributed by atoms with E-state index < -0.39 is 0 Å². The Kier molecular flexibility index (Phi) is 12.6. The Morgan fingerprint density at radius 1 is 0.611 bits per heavy atom. The van der Waals surface area contributed by atoms with Crippen molar-refractivity contribution in [2.24, 2.45) is 0 Å². The van der Waals surface area contributed by atoms with Crippen LogP contribution < -0.4 is 0 Å². The van der Waals surface area contributed by atoms with E-state index in [0.29, 0.717) is 0 Å². The lowest BCUT2D eigenvalue weighted by molar-refractivity contribution is 0.587. The van der Waals surface area contributed by atoms with E-state index in [1.807, 2.05) is 0 Å². The molecule has 0 atom stereocenters. The molecule has 0 radical (unpaired) electrons. The second kappa shape index (κ2) is 12.9. The third-order valence-corrected chi connectivity index (χ3v) is 3.97. The molecule has 0 bridgehead atoms. The van der Waals surface area contributed by atoms with Gasteiger partial charge in [-0.25, -0.2) is 0 Å². The van der Waals surface area contributed by atoms with Crippen molar-refractivity contribution in [3.63, 3.8) is 0 Å². The van der Waals surface area contributed by atoms with E-state index in [2.05, 4.69) is 39.8 Å². The van der Waals surface area contributed by atoms with Crippen LogP contribution in [0.4, 0.5) is 0 Å². The van der Waals surface area contributed by atoms with Gasteiger partial charge in [-0.1, -0.05) is 62.8 Å². The fourth-order valence-electron chi connectivity index (χ4n) is 2.46. The molecule has 0 heterocycles. The first-order valence-electron chi connectivity index (χ1n) is 8.06. The standard InChI is InChI=1S/C18H34/c1-5-17(6-2)15-13-11-9-10-12-14-16-18(7-3)8-4/h5,7H,6,8-16H2,1-4H3. The monoisotopic (exact) mass is 250 g/mol. The van der Waals surface area contributed by atoms with Gasteiger partial charge in [0, 0.05) is 0 Å². The maximum Gasteiger partial charge on any atom is -0.0321 e. The quantitative estimate of drug-likeness (QED) is 0.279. The minimum atomic E-state index is 1.24. The number of hydrogen-bond acceptors (Lipinski definition) is 0. The molecule has 0 aromatic heterocycles. The van der Waals surface area contributed by atoms with E-state index in [1.54, 1.807) is 11.1 Å². The van der Waals surface area contributed by atoms with Crippen molar-refractivity contribution < 1.29 is 0 Å². The van der Waals surface area contributed by atoms with Crippen molar-refractivity contribution >= 4 is 0 Å². The number of hydrogen-bond donors (Lipinski definition) is 0. The number of unbranched alkanes of at least 4 members (excludes halogenated alkanes) is 5. The van der Waals surface area contributed by atoms with Gasteiger partial charge in [0.2, 0.25) is 0 Å². The summed E-state index contributed by atoms with van der Waals surface area (Å²) in [4.78, 5) is 0. The normalized spacial score (nSPS) is 13.1. The summed E-state index contributed by atoms with van der Waals surface area (Å²) in [6.45, 7) is 8.88. The first-order chi connectivity index (χ1) is 8.78. The van der Waals surface area contributed by atoms with Gasteiger partial charge in [-0.3, -0.25) is 0 Å². The summed E-state index contributed by atoms with van der Waals surface area (Å²) >= 11 is 0. The van der Waals surface area contributed by atoms with Crippen LogP contribution in [0.5, 0.6) is 0 Å². The molecule has 0 saturated carbocycles. The molecule has 0 nitrogen and oxygen atoms in total. The van der Waals surface area contributed by atoms with Crippen molar-refractivity contribution in [3.05, 3.63) is 23.3 Å². The highest BCUT2D eigenvalue weighted by Crippen LogP contribution is 2.16. The third-order valence-electron chi connectivity index (χ3n) is 3.97.